The monoisotopic (exact) mass is 322 g/mol. The summed E-state index contributed by atoms with van der Waals surface area (Å²) in [6, 6.07) is 11.8. The first-order chi connectivity index (χ1) is 11.4. The topological polar surface area (TPSA) is 37.3 Å². The molecular formula is C21H19FO2. The molecule has 122 valence electrons. The first-order valence-electron chi connectivity index (χ1n) is 8.32. The van der Waals surface area contributed by atoms with Gasteiger partial charge < -0.3 is 5.11 Å². The summed E-state index contributed by atoms with van der Waals surface area (Å²) in [5.41, 5.74) is 0.872. The summed E-state index contributed by atoms with van der Waals surface area (Å²) in [6.45, 7) is 3.69. The molecule has 24 heavy (non-hydrogen) atoms. The van der Waals surface area contributed by atoms with Crippen LogP contribution in [0.15, 0.2) is 48.0 Å². The van der Waals surface area contributed by atoms with Crippen molar-refractivity contribution in [2.45, 2.75) is 37.7 Å². The van der Waals surface area contributed by atoms with E-state index in [0.717, 1.165) is 23.1 Å². The summed E-state index contributed by atoms with van der Waals surface area (Å²) in [5.74, 6) is -0.571. The molecule has 3 heteroatoms. The zero-order chi connectivity index (χ0) is 17.1. The van der Waals surface area contributed by atoms with Crippen LogP contribution in [0.5, 0.6) is 0 Å². The highest BCUT2D eigenvalue weighted by molar-refractivity contribution is 6.14. The summed E-state index contributed by atoms with van der Waals surface area (Å²) in [5, 5.41) is 11.5. The third-order valence-corrected chi connectivity index (χ3v) is 5.52. The number of halogens is 1. The average Bonchev–Trinajstić information content (AvgIpc) is 2.97. The Morgan fingerprint density at radius 2 is 1.88 bits per heavy atom. The molecule has 0 aromatic heterocycles. The van der Waals surface area contributed by atoms with Gasteiger partial charge in [0.2, 0.25) is 0 Å². The standard InChI is InChI=1S/C21H19FO2/c1-3-6-14-11-13-7-4-5-8-17(13)21(14)19(23)16-10-9-15(22)12-18(16)20(21,2)24/h4-5,7-12,24H,3,6H2,1-2H3/t20-,21-/m0/s1. The molecule has 0 aliphatic heterocycles. The first kappa shape index (κ1) is 15.3. The van der Waals surface area contributed by atoms with Gasteiger partial charge in [-0.1, -0.05) is 43.7 Å². The van der Waals surface area contributed by atoms with Gasteiger partial charge >= 0.3 is 0 Å². The number of aliphatic hydroxyl groups is 1. The maximum atomic E-state index is 13.8. The normalized spacial score (nSPS) is 27.3. The predicted octanol–water partition coefficient (Wildman–Crippen LogP) is 4.36. The Morgan fingerprint density at radius 1 is 1.12 bits per heavy atom. The van der Waals surface area contributed by atoms with E-state index in [1.54, 1.807) is 6.92 Å². The van der Waals surface area contributed by atoms with E-state index in [1.807, 2.05) is 30.3 Å². The van der Waals surface area contributed by atoms with Gasteiger partial charge in [-0.25, -0.2) is 4.39 Å². The second-order valence-electron chi connectivity index (χ2n) is 6.85. The minimum atomic E-state index is -1.48. The van der Waals surface area contributed by atoms with Crippen LogP contribution in [-0.2, 0) is 11.0 Å². The average molecular weight is 322 g/mol. The van der Waals surface area contributed by atoms with Crippen LogP contribution in [0.25, 0.3) is 6.08 Å². The lowest BCUT2D eigenvalue weighted by atomic mass is 9.64. The van der Waals surface area contributed by atoms with Gasteiger partial charge in [-0.05, 0) is 53.8 Å². The first-order valence-corrected chi connectivity index (χ1v) is 8.32. The van der Waals surface area contributed by atoms with Crippen molar-refractivity contribution in [3.63, 3.8) is 0 Å². The third kappa shape index (κ3) is 1.60. The number of hydrogen-bond donors (Lipinski definition) is 1. The fourth-order valence-electron chi connectivity index (χ4n) is 4.55. The Labute approximate surface area is 140 Å². The summed E-state index contributed by atoms with van der Waals surface area (Å²) in [7, 11) is 0. The molecule has 0 amide bonds. The Kier molecular flexibility index (Phi) is 3.10. The van der Waals surface area contributed by atoms with E-state index in [-0.39, 0.29) is 5.78 Å². The maximum absolute atomic E-state index is 13.8. The zero-order valence-electron chi connectivity index (χ0n) is 13.8. The van der Waals surface area contributed by atoms with Gasteiger partial charge in [0.25, 0.3) is 0 Å². The van der Waals surface area contributed by atoms with Crippen LogP contribution in [0.2, 0.25) is 0 Å². The number of Topliss-reactive ketones (excluding diaryl/α,β-unsaturated/α-hetero) is 1. The molecule has 0 saturated heterocycles. The SMILES string of the molecule is CCCC1=Cc2ccccc2[C@]12C(=O)c1ccc(F)cc1[C@]2(C)O. The molecule has 0 saturated carbocycles. The Balaban J connectivity index is 2.07. The lowest BCUT2D eigenvalue weighted by molar-refractivity contribution is 0.00506. The van der Waals surface area contributed by atoms with Crippen molar-refractivity contribution in [2.24, 2.45) is 0 Å². The maximum Gasteiger partial charge on any atom is 0.181 e. The van der Waals surface area contributed by atoms with E-state index in [2.05, 4.69) is 6.92 Å². The Hall–Kier alpha value is -2.26. The number of benzene rings is 2. The lowest BCUT2D eigenvalue weighted by Crippen LogP contribution is -2.48. The van der Waals surface area contributed by atoms with E-state index in [1.165, 1.54) is 18.2 Å². The van der Waals surface area contributed by atoms with Gasteiger partial charge in [0.1, 0.15) is 16.8 Å². The summed E-state index contributed by atoms with van der Waals surface area (Å²) in [4.78, 5) is 13.5. The fraction of sp³-hybridized carbons (Fsp3) is 0.286. The van der Waals surface area contributed by atoms with Crippen LogP contribution in [0, 0.1) is 5.82 Å². The van der Waals surface area contributed by atoms with Gasteiger partial charge in [-0.15, -0.1) is 0 Å². The van der Waals surface area contributed by atoms with Crippen LogP contribution in [0.3, 0.4) is 0 Å². The lowest BCUT2D eigenvalue weighted by Gasteiger charge is -2.39. The van der Waals surface area contributed by atoms with Crippen molar-refractivity contribution >= 4 is 11.9 Å². The summed E-state index contributed by atoms with van der Waals surface area (Å²) < 4.78 is 13.8. The fourth-order valence-corrected chi connectivity index (χ4v) is 4.55. The predicted molar refractivity (Wildman–Crippen MR) is 91.3 cm³/mol. The van der Waals surface area contributed by atoms with Crippen LogP contribution in [-0.4, -0.2) is 10.9 Å². The number of ketones is 1. The van der Waals surface area contributed by atoms with Crippen molar-refractivity contribution < 1.29 is 14.3 Å². The van der Waals surface area contributed by atoms with Gasteiger partial charge in [0.05, 0.1) is 0 Å². The molecule has 2 atom stereocenters. The van der Waals surface area contributed by atoms with Crippen molar-refractivity contribution in [3.8, 4) is 0 Å². The molecule has 4 rings (SSSR count). The summed E-state index contributed by atoms with van der Waals surface area (Å²) in [6.07, 6.45) is 3.61. The van der Waals surface area contributed by atoms with Gasteiger partial charge in [-0.3, -0.25) is 4.79 Å². The molecule has 2 aliphatic rings. The molecule has 0 unspecified atom stereocenters. The molecule has 1 N–H and O–H groups in total. The molecule has 0 heterocycles. The number of rotatable bonds is 2. The second kappa shape index (κ2) is 4.87. The van der Waals surface area contributed by atoms with Gasteiger partial charge in [-0.2, -0.15) is 0 Å². The van der Waals surface area contributed by atoms with E-state index in [0.29, 0.717) is 17.5 Å². The third-order valence-electron chi connectivity index (χ3n) is 5.52. The highest BCUT2D eigenvalue weighted by atomic mass is 19.1. The molecular weight excluding hydrogens is 303 g/mol. The molecule has 1 spiro atoms. The van der Waals surface area contributed by atoms with Crippen LogP contribution in [0.4, 0.5) is 4.39 Å². The minimum absolute atomic E-state index is 0.132. The van der Waals surface area contributed by atoms with E-state index < -0.39 is 16.8 Å². The van der Waals surface area contributed by atoms with E-state index in [9.17, 15) is 14.3 Å². The Bertz CT molecular complexity index is 894. The number of hydrogen-bond acceptors (Lipinski definition) is 2. The molecule has 2 aliphatic carbocycles. The van der Waals surface area contributed by atoms with Crippen LogP contribution >= 0.6 is 0 Å². The molecule has 0 radical (unpaired) electrons. The molecule has 2 aromatic carbocycles. The molecule has 2 nitrogen and oxygen atoms in total. The van der Waals surface area contributed by atoms with Crippen LogP contribution in [0.1, 0.15) is 53.7 Å². The zero-order valence-corrected chi connectivity index (χ0v) is 13.8. The van der Waals surface area contributed by atoms with Crippen molar-refractivity contribution in [1.82, 2.24) is 0 Å². The van der Waals surface area contributed by atoms with E-state index >= 15 is 0 Å². The number of fused-ring (bicyclic) bond motifs is 3. The smallest absolute Gasteiger partial charge is 0.181 e. The molecule has 0 bridgehead atoms. The second-order valence-corrected chi connectivity index (χ2v) is 6.85. The highest BCUT2D eigenvalue weighted by Crippen LogP contribution is 2.60. The quantitative estimate of drug-likeness (QED) is 0.892. The number of carbonyl (C=O) groups is 1. The van der Waals surface area contributed by atoms with Crippen LogP contribution < -0.4 is 0 Å². The molecule has 2 aromatic rings. The largest absolute Gasteiger partial charge is 0.384 e. The van der Waals surface area contributed by atoms with Crippen molar-refractivity contribution in [2.75, 3.05) is 0 Å². The Morgan fingerprint density at radius 3 is 2.62 bits per heavy atom. The van der Waals surface area contributed by atoms with E-state index in [4.69, 9.17) is 0 Å². The molecule has 0 fully saturated rings. The van der Waals surface area contributed by atoms with Crippen molar-refractivity contribution in [3.05, 3.63) is 76.1 Å². The number of carbonyl (C=O) groups excluding carboxylic acids is 1. The van der Waals surface area contributed by atoms with Gasteiger partial charge in [0, 0.05) is 5.56 Å². The highest BCUT2D eigenvalue weighted by Gasteiger charge is 2.64. The summed E-state index contributed by atoms with van der Waals surface area (Å²) >= 11 is 0. The van der Waals surface area contributed by atoms with Crippen molar-refractivity contribution in [1.29, 1.82) is 0 Å². The minimum Gasteiger partial charge on any atom is -0.384 e. The van der Waals surface area contributed by atoms with Gasteiger partial charge in [0.15, 0.2) is 5.78 Å².